The van der Waals surface area contributed by atoms with E-state index in [0.717, 1.165) is 11.1 Å². The van der Waals surface area contributed by atoms with Crippen molar-refractivity contribution in [1.82, 2.24) is 10.1 Å². The molecule has 2 N–H and O–H groups in total. The number of nitrogens with zero attached hydrogens (tertiary/aromatic N) is 2. The lowest BCUT2D eigenvalue weighted by Gasteiger charge is -2.25. The van der Waals surface area contributed by atoms with E-state index >= 15 is 0 Å². The second-order valence-electron chi connectivity index (χ2n) is 5.85. The van der Waals surface area contributed by atoms with E-state index in [1.54, 1.807) is 0 Å². The van der Waals surface area contributed by atoms with Crippen LogP contribution in [0, 0.1) is 0 Å². The summed E-state index contributed by atoms with van der Waals surface area (Å²) in [7, 11) is 0. The molecular formula is C18H19N3O2. The van der Waals surface area contributed by atoms with Crippen LogP contribution in [0.15, 0.2) is 59.1 Å². The Hall–Kier alpha value is -2.66. The normalized spacial score (nSPS) is 11.4. The molecule has 0 aliphatic rings. The van der Waals surface area contributed by atoms with E-state index in [0.29, 0.717) is 24.0 Å². The largest absolute Gasteiger partial charge is 0.486 e. The van der Waals surface area contributed by atoms with Gasteiger partial charge in [0, 0.05) is 12.1 Å². The molecule has 0 unspecified atom stereocenters. The average Bonchev–Trinajstić information content (AvgIpc) is 3.06. The minimum absolute atomic E-state index is 0.403. The van der Waals surface area contributed by atoms with E-state index < -0.39 is 5.60 Å². The molecule has 0 spiro atoms. The zero-order valence-corrected chi connectivity index (χ0v) is 13.2. The van der Waals surface area contributed by atoms with E-state index in [2.05, 4.69) is 10.1 Å². The Kier molecular flexibility index (Phi) is 4.12. The summed E-state index contributed by atoms with van der Waals surface area (Å²) in [5, 5.41) is 4.05. The first kappa shape index (κ1) is 15.2. The van der Waals surface area contributed by atoms with Gasteiger partial charge in [0.05, 0.1) is 5.56 Å². The van der Waals surface area contributed by atoms with Gasteiger partial charge in [0.25, 0.3) is 5.89 Å². The average molecular weight is 309 g/mol. The lowest BCUT2D eigenvalue weighted by Crippen LogP contribution is -2.37. The minimum Gasteiger partial charge on any atom is -0.486 e. The van der Waals surface area contributed by atoms with Crippen LogP contribution in [-0.2, 0) is 0 Å². The molecule has 1 aromatic heterocycles. The number of hydrogen-bond acceptors (Lipinski definition) is 5. The van der Waals surface area contributed by atoms with E-state index in [1.165, 1.54) is 0 Å². The Balaban J connectivity index is 1.95. The standard InChI is InChI=1S/C18H19N3O2/c1-18(2,12-19)22-15-11-7-6-10-14(15)17-20-16(21-23-17)13-8-4-3-5-9-13/h3-11H,12,19H2,1-2H3. The van der Waals surface area contributed by atoms with Gasteiger partial charge in [-0.1, -0.05) is 47.6 Å². The SMILES string of the molecule is CC(C)(CN)Oc1ccccc1-c1nc(-c2ccccc2)no1. The van der Waals surface area contributed by atoms with Crippen LogP contribution in [0.25, 0.3) is 22.8 Å². The molecule has 0 amide bonds. The maximum Gasteiger partial charge on any atom is 0.262 e. The molecule has 0 aliphatic heterocycles. The van der Waals surface area contributed by atoms with Crippen LogP contribution in [-0.4, -0.2) is 22.3 Å². The van der Waals surface area contributed by atoms with Gasteiger partial charge >= 0.3 is 0 Å². The molecule has 3 rings (SSSR count). The maximum atomic E-state index is 6.00. The summed E-state index contributed by atoms with van der Waals surface area (Å²) >= 11 is 0. The molecule has 1 heterocycles. The summed E-state index contributed by atoms with van der Waals surface area (Å²) in [5.41, 5.74) is 6.93. The van der Waals surface area contributed by atoms with Crippen LogP contribution in [0.4, 0.5) is 0 Å². The fourth-order valence-electron chi connectivity index (χ4n) is 2.11. The van der Waals surface area contributed by atoms with Crippen molar-refractivity contribution in [3.63, 3.8) is 0 Å². The molecule has 23 heavy (non-hydrogen) atoms. The molecule has 5 nitrogen and oxygen atoms in total. The molecule has 2 aromatic carbocycles. The Morgan fingerprint density at radius 2 is 1.74 bits per heavy atom. The smallest absolute Gasteiger partial charge is 0.262 e. The van der Waals surface area contributed by atoms with Gasteiger partial charge in [-0.25, -0.2) is 0 Å². The third-order valence-corrected chi connectivity index (χ3v) is 3.45. The predicted molar refractivity (Wildman–Crippen MR) is 88.9 cm³/mol. The summed E-state index contributed by atoms with van der Waals surface area (Å²) in [6.45, 7) is 4.28. The first-order chi connectivity index (χ1) is 11.1. The molecule has 0 bridgehead atoms. The lowest BCUT2D eigenvalue weighted by atomic mass is 10.1. The first-order valence-corrected chi connectivity index (χ1v) is 7.47. The van der Waals surface area contributed by atoms with Gasteiger partial charge in [0.15, 0.2) is 0 Å². The molecule has 0 saturated carbocycles. The predicted octanol–water partition coefficient (Wildman–Crippen LogP) is 3.52. The summed E-state index contributed by atoms with van der Waals surface area (Å²) in [4.78, 5) is 4.48. The number of para-hydroxylation sites is 1. The molecule has 0 atom stereocenters. The highest BCUT2D eigenvalue weighted by atomic mass is 16.5. The van der Waals surface area contributed by atoms with E-state index in [-0.39, 0.29) is 0 Å². The Morgan fingerprint density at radius 3 is 2.48 bits per heavy atom. The van der Waals surface area contributed by atoms with Crippen molar-refractivity contribution in [1.29, 1.82) is 0 Å². The zero-order chi connectivity index (χ0) is 16.3. The highest BCUT2D eigenvalue weighted by Crippen LogP contribution is 2.32. The molecule has 3 aromatic rings. The van der Waals surface area contributed by atoms with E-state index in [1.807, 2.05) is 68.4 Å². The summed E-state index contributed by atoms with van der Waals surface area (Å²) < 4.78 is 11.4. The van der Waals surface area contributed by atoms with Crippen molar-refractivity contribution in [3.8, 4) is 28.6 Å². The minimum atomic E-state index is -0.474. The zero-order valence-electron chi connectivity index (χ0n) is 13.2. The number of benzene rings is 2. The van der Waals surface area contributed by atoms with Gasteiger partial charge in [-0.2, -0.15) is 4.98 Å². The van der Waals surface area contributed by atoms with Crippen molar-refractivity contribution in [3.05, 3.63) is 54.6 Å². The highest BCUT2D eigenvalue weighted by Gasteiger charge is 2.21. The van der Waals surface area contributed by atoms with E-state index in [9.17, 15) is 0 Å². The van der Waals surface area contributed by atoms with Crippen molar-refractivity contribution in [2.75, 3.05) is 6.54 Å². The number of ether oxygens (including phenoxy) is 1. The summed E-state index contributed by atoms with van der Waals surface area (Å²) in [5.74, 6) is 1.65. The van der Waals surface area contributed by atoms with Crippen molar-refractivity contribution < 1.29 is 9.26 Å². The van der Waals surface area contributed by atoms with Crippen LogP contribution in [0.3, 0.4) is 0 Å². The maximum absolute atomic E-state index is 6.00. The third kappa shape index (κ3) is 3.40. The quantitative estimate of drug-likeness (QED) is 0.780. The fraction of sp³-hybridized carbons (Fsp3) is 0.222. The van der Waals surface area contributed by atoms with Gasteiger partial charge in [-0.15, -0.1) is 0 Å². The monoisotopic (exact) mass is 309 g/mol. The molecule has 5 heteroatoms. The number of aromatic nitrogens is 2. The molecule has 0 saturated heterocycles. The Morgan fingerprint density at radius 1 is 1.04 bits per heavy atom. The number of rotatable bonds is 5. The molecule has 0 radical (unpaired) electrons. The Bertz CT molecular complexity index is 782. The van der Waals surface area contributed by atoms with Crippen LogP contribution >= 0.6 is 0 Å². The van der Waals surface area contributed by atoms with E-state index in [4.69, 9.17) is 15.0 Å². The second kappa shape index (κ2) is 6.22. The molecule has 0 aliphatic carbocycles. The molecule has 118 valence electrons. The number of nitrogens with two attached hydrogens (primary N) is 1. The summed E-state index contributed by atoms with van der Waals surface area (Å²) in [6, 6.07) is 17.3. The highest BCUT2D eigenvalue weighted by molar-refractivity contribution is 5.65. The van der Waals surface area contributed by atoms with Crippen LogP contribution in [0.2, 0.25) is 0 Å². The lowest BCUT2D eigenvalue weighted by molar-refractivity contribution is 0.119. The first-order valence-electron chi connectivity index (χ1n) is 7.47. The number of hydrogen-bond donors (Lipinski definition) is 1. The van der Waals surface area contributed by atoms with Crippen LogP contribution in [0.1, 0.15) is 13.8 Å². The third-order valence-electron chi connectivity index (χ3n) is 3.45. The second-order valence-corrected chi connectivity index (χ2v) is 5.85. The van der Waals surface area contributed by atoms with Gasteiger partial charge in [-0.3, -0.25) is 0 Å². The summed E-state index contributed by atoms with van der Waals surface area (Å²) in [6.07, 6.45) is 0. The van der Waals surface area contributed by atoms with Crippen molar-refractivity contribution >= 4 is 0 Å². The topological polar surface area (TPSA) is 74.2 Å². The van der Waals surface area contributed by atoms with Crippen LogP contribution < -0.4 is 10.5 Å². The van der Waals surface area contributed by atoms with Crippen molar-refractivity contribution in [2.24, 2.45) is 5.73 Å². The van der Waals surface area contributed by atoms with Crippen molar-refractivity contribution in [2.45, 2.75) is 19.4 Å². The van der Waals surface area contributed by atoms with Gasteiger partial charge in [0.2, 0.25) is 5.82 Å². The van der Waals surface area contributed by atoms with Gasteiger partial charge in [-0.05, 0) is 26.0 Å². The molecule has 0 fully saturated rings. The fourth-order valence-corrected chi connectivity index (χ4v) is 2.11. The Labute approximate surface area is 135 Å². The van der Waals surface area contributed by atoms with Gasteiger partial charge < -0.3 is 15.0 Å². The van der Waals surface area contributed by atoms with Crippen LogP contribution in [0.5, 0.6) is 5.75 Å². The van der Waals surface area contributed by atoms with Gasteiger partial charge in [0.1, 0.15) is 11.4 Å². The molecular weight excluding hydrogens is 290 g/mol.